The Kier molecular flexibility index (Phi) is 4.22. The average Bonchev–Trinajstić information content (AvgIpc) is 2.47. The summed E-state index contributed by atoms with van der Waals surface area (Å²) in [6.45, 7) is 0. The van der Waals surface area contributed by atoms with Gasteiger partial charge in [-0.25, -0.2) is 0 Å². The fourth-order valence-corrected chi connectivity index (χ4v) is 3.61. The molecule has 21 heavy (non-hydrogen) atoms. The highest BCUT2D eigenvalue weighted by molar-refractivity contribution is 9.11. The molecule has 0 heterocycles. The molecule has 0 radical (unpaired) electrons. The maximum Gasteiger partial charge on any atom is 0.168 e. The molecule has 0 amide bonds. The number of halogens is 2. The second kappa shape index (κ2) is 6.12. The van der Waals surface area contributed by atoms with E-state index in [1.54, 1.807) is 0 Å². The summed E-state index contributed by atoms with van der Waals surface area (Å²) in [5.41, 5.74) is 1.75. The summed E-state index contributed by atoms with van der Waals surface area (Å²) in [5, 5.41) is 2.36. The van der Waals surface area contributed by atoms with Crippen LogP contribution in [0.3, 0.4) is 0 Å². The number of carbonyl (C=O) groups is 1. The summed E-state index contributed by atoms with van der Waals surface area (Å²) in [5.74, 6) is 0.115. The van der Waals surface area contributed by atoms with Gasteiger partial charge in [0.2, 0.25) is 0 Å². The first-order valence-corrected chi connectivity index (χ1v) is 8.18. The zero-order valence-corrected chi connectivity index (χ0v) is 14.3. The molecule has 0 atom stereocenters. The summed E-state index contributed by atoms with van der Waals surface area (Å²) < 4.78 is 1.78. The van der Waals surface area contributed by atoms with Crippen LogP contribution in [0.4, 0.5) is 0 Å². The van der Waals surface area contributed by atoms with Crippen LogP contribution in [0.25, 0.3) is 10.8 Å². The van der Waals surface area contributed by atoms with Gasteiger partial charge in [-0.2, -0.15) is 0 Å². The van der Waals surface area contributed by atoms with E-state index in [2.05, 4.69) is 56.1 Å². The molecule has 3 aromatic rings. The SMILES string of the molecule is O=C(Cc1ccc2ccccc2c1)c1ccc(Br)cc1Br. The van der Waals surface area contributed by atoms with Crippen molar-refractivity contribution in [2.75, 3.05) is 0 Å². The first-order valence-electron chi connectivity index (χ1n) is 6.59. The number of hydrogen-bond donors (Lipinski definition) is 0. The Morgan fingerprint density at radius 3 is 2.38 bits per heavy atom. The molecule has 3 rings (SSSR count). The van der Waals surface area contributed by atoms with Crippen molar-refractivity contribution in [3.05, 3.63) is 80.7 Å². The Morgan fingerprint density at radius 1 is 0.857 bits per heavy atom. The monoisotopic (exact) mass is 402 g/mol. The summed E-state index contributed by atoms with van der Waals surface area (Å²) in [6.07, 6.45) is 0.408. The first-order chi connectivity index (χ1) is 10.1. The van der Waals surface area contributed by atoms with Crippen LogP contribution < -0.4 is 0 Å². The van der Waals surface area contributed by atoms with Gasteiger partial charge in [-0.3, -0.25) is 4.79 Å². The van der Waals surface area contributed by atoms with Gasteiger partial charge in [0.05, 0.1) is 0 Å². The molecule has 0 fully saturated rings. The van der Waals surface area contributed by atoms with Gasteiger partial charge in [0.1, 0.15) is 0 Å². The highest BCUT2D eigenvalue weighted by Gasteiger charge is 2.11. The van der Waals surface area contributed by atoms with Gasteiger partial charge >= 0.3 is 0 Å². The number of hydrogen-bond acceptors (Lipinski definition) is 1. The largest absolute Gasteiger partial charge is 0.294 e. The van der Waals surface area contributed by atoms with Gasteiger partial charge in [0.15, 0.2) is 5.78 Å². The molecule has 0 aromatic heterocycles. The maximum atomic E-state index is 12.4. The van der Waals surface area contributed by atoms with Crippen LogP contribution in [0.1, 0.15) is 15.9 Å². The van der Waals surface area contributed by atoms with E-state index >= 15 is 0 Å². The lowest BCUT2D eigenvalue weighted by Crippen LogP contribution is -2.04. The second-order valence-electron chi connectivity index (χ2n) is 4.91. The molecule has 3 aromatic carbocycles. The molecular formula is C18H12Br2O. The van der Waals surface area contributed by atoms with E-state index in [-0.39, 0.29) is 5.78 Å². The fraction of sp³-hybridized carbons (Fsp3) is 0.0556. The Bertz CT molecular complexity index is 824. The zero-order valence-electron chi connectivity index (χ0n) is 11.1. The summed E-state index contributed by atoms with van der Waals surface area (Å²) in [7, 11) is 0. The van der Waals surface area contributed by atoms with Crippen molar-refractivity contribution in [2.24, 2.45) is 0 Å². The van der Waals surface area contributed by atoms with Crippen molar-refractivity contribution >= 4 is 48.4 Å². The molecule has 0 N–H and O–H groups in total. The molecule has 0 saturated carbocycles. The molecule has 0 bridgehead atoms. The van der Waals surface area contributed by atoms with Crippen LogP contribution in [0.2, 0.25) is 0 Å². The summed E-state index contributed by atoms with van der Waals surface area (Å²) >= 11 is 6.85. The predicted octanol–water partition coefficient (Wildman–Crippen LogP) is 5.79. The number of benzene rings is 3. The number of carbonyl (C=O) groups excluding carboxylic acids is 1. The van der Waals surface area contributed by atoms with E-state index in [4.69, 9.17) is 0 Å². The van der Waals surface area contributed by atoms with E-state index in [1.165, 1.54) is 5.39 Å². The lowest BCUT2D eigenvalue weighted by Gasteiger charge is -2.06. The molecular weight excluding hydrogens is 392 g/mol. The fourth-order valence-electron chi connectivity index (χ4n) is 2.34. The molecule has 0 aliphatic heterocycles. The number of fused-ring (bicyclic) bond motifs is 1. The molecule has 0 unspecified atom stereocenters. The first kappa shape index (κ1) is 14.5. The highest BCUT2D eigenvalue weighted by atomic mass is 79.9. The Balaban J connectivity index is 1.89. The van der Waals surface area contributed by atoms with Gasteiger partial charge in [-0.15, -0.1) is 0 Å². The van der Waals surface area contributed by atoms with Gasteiger partial charge in [0, 0.05) is 20.9 Å². The molecule has 1 nitrogen and oxygen atoms in total. The van der Waals surface area contributed by atoms with E-state index < -0.39 is 0 Å². The van der Waals surface area contributed by atoms with Crippen LogP contribution in [0.15, 0.2) is 69.6 Å². The lowest BCUT2D eigenvalue weighted by molar-refractivity contribution is 0.0992. The topological polar surface area (TPSA) is 17.1 Å². The van der Waals surface area contributed by atoms with E-state index in [9.17, 15) is 4.79 Å². The zero-order chi connectivity index (χ0) is 14.8. The number of ketones is 1. The predicted molar refractivity (Wildman–Crippen MR) is 93.8 cm³/mol. The van der Waals surface area contributed by atoms with Crippen molar-refractivity contribution in [3.63, 3.8) is 0 Å². The molecule has 0 spiro atoms. The van der Waals surface area contributed by atoms with Crippen LogP contribution in [-0.4, -0.2) is 5.78 Å². The van der Waals surface area contributed by atoms with Crippen LogP contribution >= 0.6 is 31.9 Å². The van der Waals surface area contributed by atoms with Gasteiger partial charge in [0.25, 0.3) is 0 Å². The van der Waals surface area contributed by atoms with Crippen molar-refractivity contribution in [1.29, 1.82) is 0 Å². The van der Waals surface area contributed by atoms with Crippen LogP contribution in [0, 0.1) is 0 Å². The third kappa shape index (κ3) is 3.25. The van der Waals surface area contributed by atoms with Gasteiger partial charge in [-0.1, -0.05) is 74.3 Å². The van der Waals surface area contributed by atoms with Crippen molar-refractivity contribution < 1.29 is 4.79 Å². The minimum atomic E-state index is 0.115. The smallest absolute Gasteiger partial charge is 0.168 e. The standard InChI is InChI=1S/C18H12Br2O/c19-15-7-8-16(17(20)11-15)18(21)10-12-5-6-13-3-1-2-4-14(13)9-12/h1-9,11H,10H2. The molecule has 3 heteroatoms. The highest BCUT2D eigenvalue weighted by Crippen LogP contribution is 2.24. The maximum absolute atomic E-state index is 12.4. The number of rotatable bonds is 3. The minimum Gasteiger partial charge on any atom is -0.294 e. The molecule has 0 saturated heterocycles. The second-order valence-corrected chi connectivity index (χ2v) is 6.68. The van der Waals surface area contributed by atoms with E-state index in [0.717, 1.165) is 19.9 Å². The third-order valence-electron chi connectivity index (χ3n) is 3.41. The quantitative estimate of drug-likeness (QED) is 0.505. The molecule has 0 aliphatic carbocycles. The Hall–Kier alpha value is -1.45. The van der Waals surface area contributed by atoms with Crippen molar-refractivity contribution in [2.45, 2.75) is 6.42 Å². The molecule has 104 valence electrons. The lowest BCUT2D eigenvalue weighted by atomic mass is 10.0. The Labute approximate surface area is 140 Å². The van der Waals surface area contributed by atoms with Crippen LogP contribution in [-0.2, 0) is 6.42 Å². The minimum absolute atomic E-state index is 0.115. The summed E-state index contributed by atoms with van der Waals surface area (Å²) in [4.78, 5) is 12.4. The normalized spacial score (nSPS) is 10.8. The van der Waals surface area contributed by atoms with Crippen molar-refractivity contribution in [1.82, 2.24) is 0 Å². The van der Waals surface area contributed by atoms with E-state index in [1.807, 2.05) is 36.4 Å². The van der Waals surface area contributed by atoms with Crippen molar-refractivity contribution in [3.8, 4) is 0 Å². The van der Waals surface area contributed by atoms with E-state index in [0.29, 0.717) is 12.0 Å². The van der Waals surface area contributed by atoms with Gasteiger partial charge in [-0.05, 0) is 34.5 Å². The number of Topliss-reactive ketones (excluding diaryl/α,β-unsaturated/α-hetero) is 1. The van der Waals surface area contributed by atoms with Crippen LogP contribution in [0.5, 0.6) is 0 Å². The Morgan fingerprint density at radius 2 is 1.62 bits per heavy atom. The molecule has 0 aliphatic rings. The average molecular weight is 404 g/mol. The third-order valence-corrected chi connectivity index (χ3v) is 4.56. The van der Waals surface area contributed by atoms with Gasteiger partial charge < -0.3 is 0 Å². The summed E-state index contributed by atoms with van der Waals surface area (Å²) in [6, 6.07) is 20.0.